The summed E-state index contributed by atoms with van der Waals surface area (Å²) in [5.41, 5.74) is 1.22. The molecule has 7 nitrogen and oxygen atoms in total. The Morgan fingerprint density at radius 2 is 1.76 bits per heavy atom. The number of piperidine rings is 1. The van der Waals surface area contributed by atoms with Gasteiger partial charge in [-0.2, -0.15) is 4.31 Å². The molecule has 34 heavy (non-hydrogen) atoms. The maximum atomic E-state index is 13.5. The summed E-state index contributed by atoms with van der Waals surface area (Å²) in [6.07, 6.45) is 3.59. The number of anilines is 1. The fraction of sp³-hybridized carbons (Fsp3) is 0.417. The molecule has 1 aliphatic rings. The van der Waals surface area contributed by atoms with E-state index in [2.05, 4.69) is 9.88 Å². The number of carbonyl (C=O) groups excluding carboxylic acids is 1. The van der Waals surface area contributed by atoms with Crippen LogP contribution in [-0.4, -0.2) is 68.8 Å². The number of carbonyl (C=O) groups is 1. The number of hydrogen-bond acceptors (Lipinski definition) is 6. The van der Waals surface area contributed by atoms with Crippen LogP contribution in [0.5, 0.6) is 0 Å². The van der Waals surface area contributed by atoms with E-state index in [0.717, 1.165) is 42.4 Å². The van der Waals surface area contributed by atoms with Gasteiger partial charge in [-0.1, -0.05) is 29.4 Å². The van der Waals surface area contributed by atoms with E-state index < -0.39 is 10.0 Å². The molecule has 1 aliphatic heterocycles. The molecule has 1 amide bonds. The van der Waals surface area contributed by atoms with Crippen LogP contribution >= 0.6 is 22.9 Å². The highest BCUT2D eigenvalue weighted by Gasteiger charge is 2.27. The van der Waals surface area contributed by atoms with Gasteiger partial charge >= 0.3 is 0 Å². The van der Waals surface area contributed by atoms with Crippen LogP contribution < -0.4 is 4.90 Å². The van der Waals surface area contributed by atoms with Gasteiger partial charge < -0.3 is 4.90 Å². The number of fused-ring (bicyclic) bond motifs is 1. The number of thiazole rings is 1. The van der Waals surface area contributed by atoms with Crippen molar-refractivity contribution in [1.29, 1.82) is 0 Å². The zero-order valence-corrected chi connectivity index (χ0v) is 21.8. The van der Waals surface area contributed by atoms with Crippen LogP contribution in [-0.2, 0) is 10.0 Å². The van der Waals surface area contributed by atoms with E-state index in [-0.39, 0.29) is 10.8 Å². The molecule has 4 rings (SSSR count). The fourth-order valence-corrected chi connectivity index (χ4v) is 6.79. The number of hydrogen-bond donors (Lipinski definition) is 0. The Hall–Kier alpha value is -2.04. The maximum Gasteiger partial charge on any atom is 0.260 e. The van der Waals surface area contributed by atoms with Gasteiger partial charge in [0.05, 0.1) is 15.1 Å². The highest BCUT2D eigenvalue weighted by molar-refractivity contribution is 7.89. The first-order valence-electron chi connectivity index (χ1n) is 11.4. The van der Waals surface area contributed by atoms with Gasteiger partial charge in [0, 0.05) is 30.2 Å². The third-order valence-electron chi connectivity index (χ3n) is 5.86. The van der Waals surface area contributed by atoms with Crippen LogP contribution in [0.25, 0.3) is 10.2 Å². The lowest BCUT2D eigenvalue weighted by atomic mass is 10.2. The van der Waals surface area contributed by atoms with E-state index in [1.165, 1.54) is 27.8 Å². The van der Waals surface area contributed by atoms with Crippen LogP contribution in [0, 0.1) is 0 Å². The fourth-order valence-electron chi connectivity index (χ4n) is 4.01. The van der Waals surface area contributed by atoms with Gasteiger partial charge in [0.2, 0.25) is 10.0 Å². The molecule has 1 saturated heterocycles. The first-order valence-corrected chi connectivity index (χ1v) is 14.0. The van der Waals surface area contributed by atoms with E-state index in [0.29, 0.717) is 35.4 Å². The van der Waals surface area contributed by atoms with Gasteiger partial charge in [0.15, 0.2) is 5.13 Å². The lowest BCUT2D eigenvalue weighted by molar-refractivity contribution is 0.0986. The number of rotatable bonds is 8. The molecule has 0 saturated carbocycles. The predicted octanol–water partition coefficient (Wildman–Crippen LogP) is 4.72. The standard InChI is InChI=1S/C24H29ClN4O3S2/c1-27(2)13-6-16-29(24-26-21-12-9-19(25)17-22(21)33-24)23(30)18-7-10-20(11-8-18)34(31,32)28-14-4-3-5-15-28/h7-12,17H,3-6,13-16H2,1-2H3. The summed E-state index contributed by atoms with van der Waals surface area (Å²) in [6, 6.07) is 11.7. The summed E-state index contributed by atoms with van der Waals surface area (Å²) < 4.78 is 28.4. The normalized spacial score (nSPS) is 15.2. The average Bonchev–Trinajstić information content (AvgIpc) is 3.24. The molecule has 0 bridgehead atoms. The van der Waals surface area contributed by atoms with Crippen molar-refractivity contribution >= 4 is 54.2 Å². The zero-order chi connectivity index (χ0) is 24.3. The minimum Gasteiger partial charge on any atom is -0.309 e. The number of aromatic nitrogens is 1. The largest absolute Gasteiger partial charge is 0.309 e. The quantitative estimate of drug-likeness (QED) is 0.429. The number of sulfonamides is 1. The number of benzene rings is 2. The van der Waals surface area contributed by atoms with Gasteiger partial charge in [-0.3, -0.25) is 9.69 Å². The van der Waals surface area contributed by atoms with Crippen molar-refractivity contribution in [1.82, 2.24) is 14.2 Å². The van der Waals surface area contributed by atoms with Crippen molar-refractivity contribution in [2.24, 2.45) is 0 Å². The molecule has 2 aromatic carbocycles. The zero-order valence-electron chi connectivity index (χ0n) is 19.4. The lowest BCUT2D eigenvalue weighted by Crippen LogP contribution is -2.35. The van der Waals surface area contributed by atoms with E-state index in [1.54, 1.807) is 23.1 Å². The Kier molecular flexibility index (Phi) is 7.89. The Balaban J connectivity index is 1.60. The van der Waals surface area contributed by atoms with Crippen LogP contribution in [0.2, 0.25) is 5.02 Å². The monoisotopic (exact) mass is 520 g/mol. The minimum absolute atomic E-state index is 0.203. The topological polar surface area (TPSA) is 73.8 Å². The Labute approximate surface area is 210 Å². The lowest BCUT2D eigenvalue weighted by Gasteiger charge is -2.26. The van der Waals surface area contributed by atoms with E-state index >= 15 is 0 Å². The molecule has 0 atom stereocenters. The van der Waals surface area contributed by atoms with Crippen molar-refractivity contribution < 1.29 is 13.2 Å². The van der Waals surface area contributed by atoms with Crippen LogP contribution in [0.4, 0.5) is 5.13 Å². The predicted molar refractivity (Wildman–Crippen MR) is 139 cm³/mol. The summed E-state index contributed by atoms with van der Waals surface area (Å²) in [5, 5.41) is 1.23. The molecule has 0 unspecified atom stereocenters. The van der Waals surface area contributed by atoms with Crippen LogP contribution in [0.3, 0.4) is 0 Å². The first-order chi connectivity index (χ1) is 16.3. The molecule has 0 N–H and O–H groups in total. The highest BCUT2D eigenvalue weighted by atomic mass is 35.5. The second kappa shape index (κ2) is 10.7. The second-order valence-electron chi connectivity index (χ2n) is 8.71. The molecule has 2 heterocycles. The molecule has 1 fully saturated rings. The van der Waals surface area contributed by atoms with E-state index in [4.69, 9.17) is 11.6 Å². The van der Waals surface area contributed by atoms with Gasteiger partial charge in [0.1, 0.15) is 0 Å². The molecule has 3 aromatic rings. The summed E-state index contributed by atoms with van der Waals surface area (Å²) in [4.78, 5) is 22.2. The van der Waals surface area contributed by atoms with E-state index in [1.807, 2.05) is 26.2 Å². The summed E-state index contributed by atoms with van der Waals surface area (Å²) in [7, 11) is 0.445. The Morgan fingerprint density at radius 3 is 2.44 bits per heavy atom. The van der Waals surface area contributed by atoms with Crippen molar-refractivity contribution in [2.75, 3.05) is 45.2 Å². The summed E-state index contributed by atoms with van der Waals surface area (Å²) in [6.45, 7) is 2.42. The molecule has 0 radical (unpaired) electrons. The van der Waals surface area contributed by atoms with Gasteiger partial charge in [-0.15, -0.1) is 0 Å². The maximum absolute atomic E-state index is 13.5. The molecule has 0 aliphatic carbocycles. The van der Waals surface area contributed by atoms with Gasteiger partial charge in [-0.25, -0.2) is 13.4 Å². The van der Waals surface area contributed by atoms with Crippen molar-refractivity contribution in [2.45, 2.75) is 30.6 Å². The number of amides is 1. The van der Waals surface area contributed by atoms with Gasteiger partial charge in [-0.05, 0) is 82.4 Å². The summed E-state index contributed by atoms with van der Waals surface area (Å²) >= 11 is 7.55. The van der Waals surface area contributed by atoms with Crippen molar-refractivity contribution in [3.8, 4) is 0 Å². The third kappa shape index (κ3) is 5.60. The molecular weight excluding hydrogens is 492 g/mol. The Bertz CT molecular complexity index is 1250. The van der Waals surface area contributed by atoms with Crippen molar-refractivity contribution in [3.63, 3.8) is 0 Å². The smallest absolute Gasteiger partial charge is 0.260 e. The van der Waals surface area contributed by atoms with Gasteiger partial charge in [0.25, 0.3) is 5.91 Å². The second-order valence-corrected chi connectivity index (χ2v) is 12.1. The average molecular weight is 521 g/mol. The molecule has 1 aromatic heterocycles. The molecular formula is C24H29ClN4O3S2. The highest BCUT2D eigenvalue weighted by Crippen LogP contribution is 2.32. The van der Waals surface area contributed by atoms with E-state index in [9.17, 15) is 13.2 Å². The summed E-state index contributed by atoms with van der Waals surface area (Å²) in [5.74, 6) is -0.203. The van der Waals surface area contributed by atoms with Crippen LogP contribution in [0.1, 0.15) is 36.0 Å². The molecule has 0 spiro atoms. The number of nitrogens with zero attached hydrogens (tertiary/aromatic N) is 4. The molecule has 10 heteroatoms. The minimum atomic E-state index is -3.54. The first kappa shape index (κ1) is 25.1. The number of halogens is 1. The SMILES string of the molecule is CN(C)CCCN(C(=O)c1ccc(S(=O)(=O)N2CCCCC2)cc1)c1nc2ccc(Cl)cc2s1. The van der Waals surface area contributed by atoms with Crippen molar-refractivity contribution in [3.05, 3.63) is 53.1 Å². The third-order valence-corrected chi connectivity index (χ3v) is 9.05. The van der Waals surface area contributed by atoms with Crippen LogP contribution in [0.15, 0.2) is 47.4 Å². The Morgan fingerprint density at radius 1 is 1.06 bits per heavy atom. The molecule has 182 valence electrons.